The Kier molecular flexibility index (Phi) is 6.94. The molecule has 2 aliphatic rings. The summed E-state index contributed by atoms with van der Waals surface area (Å²) in [4.78, 5) is 29.8. The summed E-state index contributed by atoms with van der Waals surface area (Å²) in [6, 6.07) is 13.4. The Morgan fingerprint density at radius 3 is 2.66 bits per heavy atom. The zero-order valence-corrected chi connectivity index (χ0v) is 21.7. The molecule has 0 bridgehead atoms. The lowest BCUT2D eigenvalue weighted by atomic mass is 9.99. The number of nitrogens with zero attached hydrogens (tertiary/aromatic N) is 4. The SMILES string of the molecule is O=C(Nc1ccc2c(c1)CN(C(=O)C(F)(F)F)CC2)c1nn(C2CCCCO2)c2ccc(-c3cccnc3F)cc12. The molecule has 8 nitrogen and oxygen atoms in total. The third-order valence-corrected chi connectivity index (χ3v) is 7.43. The van der Waals surface area contributed by atoms with E-state index in [0.29, 0.717) is 34.3 Å². The van der Waals surface area contributed by atoms with Gasteiger partial charge in [0.2, 0.25) is 5.95 Å². The number of alkyl halides is 3. The Labute approximate surface area is 231 Å². The van der Waals surface area contributed by atoms with Gasteiger partial charge in [-0.05, 0) is 78.8 Å². The number of carbonyl (C=O) groups is 2. The molecule has 0 saturated carbocycles. The number of rotatable bonds is 4. The van der Waals surface area contributed by atoms with Crippen molar-refractivity contribution in [1.82, 2.24) is 19.7 Å². The van der Waals surface area contributed by atoms with Crippen molar-refractivity contribution in [2.75, 3.05) is 18.5 Å². The van der Waals surface area contributed by atoms with E-state index in [1.54, 1.807) is 53.2 Å². The van der Waals surface area contributed by atoms with E-state index in [9.17, 15) is 27.2 Å². The van der Waals surface area contributed by atoms with Gasteiger partial charge in [-0.25, -0.2) is 9.67 Å². The second-order valence-electron chi connectivity index (χ2n) is 10.1. The van der Waals surface area contributed by atoms with Crippen LogP contribution in [0.3, 0.4) is 0 Å². The second kappa shape index (κ2) is 10.6. The molecule has 4 aromatic rings. The fraction of sp³-hybridized carbons (Fsp3) is 0.310. The predicted octanol–water partition coefficient (Wildman–Crippen LogP) is 5.64. The van der Waals surface area contributed by atoms with Gasteiger partial charge < -0.3 is 15.0 Å². The molecule has 0 spiro atoms. The molecule has 212 valence electrons. The van der Waals surface area contributed by atoms with Crippen LogP contribution in [0, 0.1) is 5.95 Å². The van der Waals surface area contributed by atoms with Gasteiger partial charge in [0.1, 0.15) is 0 Å². The molecule has 1 fully saturated rings. The summed E-state index contributed by atoms with van der Waals surface area (Å²) in [6.45, 7) is 0.313. The molecule has 1 N–H and O–H groups in total. The number of ether oxygens (including phenoxy) is 1. The van der Waals surface area contributed by atoms with E-state index in [4.69, 9.17) is 4.74 Å². The van der Waals surface area contributed by atoms with Crippen molar-refractivity contribution >= 4 is 28.4 Å². The van der Waals surface area contributed by atoms with Crippen LogP contribution in [0.4, 0.5) is 23.2 Å². The average Bonchev–Trinajstić information content (AvgIpc) is 3.36. The number of halogens is 4. The first-order valence-corrected chi connectivity index (χ1v) is 13.2. The van der Waals surface area contributed by atoms with Crippen LogP contribution in [0.15, 0.2) is 54.7 Å². The molecular formula is C29H25F4N5O3. The maximum Gasteiger partial charge on any atom is 0.471 e. The van der Waals surface area contributed by atoms with Gasteiger partial charge >= 0.3 is 12.1 Å². The molecule has 6 rings (SSSR count). The highest BCUT2D eigenvalue weighted by Crippen LogP contribution is 2.33. The molecule has 12 heteroatoms. The number of nitrogens with one attached hydrogen (secondary N) is 1. The predicted molar refractivity (Wildman–Crippen MR) is 141 cm³/mol. The van der Waals surface area contributed by atoms with Crippen molar-refractivity contribution in [3.8, 4) is 11.1 Å². The fourth-order valence-corrected chi connectivity index (χ4v) is 5.39. The monoisotopic (exact) mass is 567 g/mol. The Morgan fingerprint density at radius 2 is 1.90 bits per heavy atom. The van der Waals surface area contributed by atoms with Crippen LogP contribution in [0.2, 0.25) is 0 Å². The highest BCUT2D eigenvalue weighted by molar-refractivity contribution is 6.12. The second-order valence-corrected chi connectivity index (χ2v) is 10.1. The summed E-state index contributed by atoms with van der Waals surface area (Å²) < 4.78 is 61.0. The minimum atomic E-state index is -4.96. The quantitative estimate of drug-likeness (QED) is 0.255. The standard InChI is InChI=1S/C29H25F4N5O3/c30-26-21(4-3-11-34-26)18-7-9-23-22(15-18)25(36-38(23)24-5-1-2-13-41-24)27(39)35-20-8-6-17-10-12-37(16-19(17)14-20)28(40)29(31,32)33/h3-4,6-9,11,14-15,24H,1-2,5,10,12-13,16H2,(H,35,39). The van der Waals surface area contributed by atoms with Gasteiger partial charge in [0, 0.05) is 42.5 Å². The van der Waals surface area contributed by atoms with E-state index in [1.165, 1.54) is 6.20 Å². The van der Waals surface area contributed by atoms with Gasteiger partial charge in [0.25, 0.3) is 5.91 Å². The zero-order valence-electron chi connectivity index (χ0n) is 21.7. The summed E-state index contributed by atoms with van der Waals surface area (Å²) in [5.41, 5.74) is 3.20. The molecule has 41 heavy (non-hydrogen) atoms. The first-order valence-electron chi connectivity index (χ1n) is 13.2. The van der Waals surface area contributed by atoms with Crippen molar-refractivity contribution in [2.24, 2.45) is 0 Å². The molecule has 2 aromatic carbocycles. The number of amides is 2. The van der Waals surface area contributed by atoms with Crippen LogP contribution in [0.5, 0.6) is 0 Å². The summed E-state index contributed by atoms with van der Waals surface area (Å²) >= 11 is 0. The third-order valence-electron chi connectivity index (χ3n) is 7.43. The molecule has 2 amide bonds. The van der Waals surface area contributed by atoms with Gasteiger partial charge in [-0.1, -0.05) is 12.1 Å². The maximum absolute atomic E-state index is 14.5. The molecule has 2 aromatic heterocycles. The van der Waals surface area contributed by atoms with Crippen molar-refractivity contribution in [2.45, 2.75) is 44.6 Å². The summed E-state index contributed by atoms with van der Waals surface area (Å²) in [7, 11) is 0. The van der Waals surface area contributed by atoms with E-state index >= 15 is 0 Å². The fourth-order valence-electron chi connectivity index (χ4n) is 5.39. The van der Waals surface area contributed by atoms with Gasteiger partial charge in [-0.15, -0.1) is 0 Å². The number of anilines is 1. The summed E-state index contributed by atoms with van der Waals surface area (Å²) in [5.74, 6) is -3.08. The van der Waals surface area contributed by atoms with Crippen LogP contribution in [-0.4, -0.2) is 50.8 Å². The van der Waals surface area contributed by atoms with Crippen molar-refractivity contribution in [3.05, 3.63) is 77.5 Å². The largest absolute Gasteiger partial charge is 0.471 e. The highest BCUT2D eigenvalue weighted by Gasteiger charge is 2.43. The normalized spacial score (nSPS) is 17.4. The van der Waals surface area contributed by atoms with Crippen molar-refractivity contribution < 1.29 is 31.9 Å². The van der Waals surface area contributed by atoms with Crippen molar-refractivity contribution in [1.29, 1.82) is 0 Å². The number of fused-ring (bicyclic) bond motifs is 2. The lowest BCUT2D eigenvalue weighted by Gasteiger charge is -2.29. The first kappa shape index (κ1) is 26.9. The zero-order chi connectivity index (χ0) is 28.7. The molecule has 2 aliphatic heterocycles. The Balaban J connectivity index is 1.34. The lowest BCUT2D eigenvalue weighted by Crippen LogP contribution is -2.43. The van der Waals surface area contributed by atoms with Crippen molar-refractivity contribution in [3.63, 3.8) is 0 Å². The Bertz CT molecular complexity index is 1650. The highest BCUT2D eigenvalue weighted by atomic mass is 19.4. The van der Waals surface area contributed by atoms with E-state index in [-0.39, 0.29) is 37.0 Å². The van der Waals surface area contributed by atoms with Gasteiger partial charge in [-0.2, -0.15) is 22.7 Å². The molecule has 1 unspecified atom stereocenters. The number of pyridine rings is 1. The van der Waals surface area contributed by atoms with Gasteiger partial charge in [0.05, 0.1) is 5.52 Å². The van der Waals surface area contributed by atoms with Gasteiger partial charge in [0.15, 0.2) is 11.9 Å². The molecule has 4 heterocycles. The van der Waals surface area contributed by atoms with Crippen LogP contribution in [-0.2, 0) is 22.5 Å². The van der Waals surface area contributed by atoms with E-state index in [1.807, 2.05) is 0 Å². The first-order chi connectivity index (χ1) is 19.7. The summed E-state index contributed by atoms with van der Waals surface area (Å²) in [6.07, 6.45) is -1.11. The average molecular weight is 568 g/mol. The third kappa shape index (κ3) is 5.26. The number of benzene rings is 2. The van der Waals surface area contributed by atoms with Crippen LogP contribution >= 0.6 is 0 Å². The van der Waals surface area contributed by atoms with Gasteiger partial charge in [-0.3, -0.25) is 9.59 Å². The number of aromatic nitrogens is 3. The Morgan fingerprint density at radius 1 is 1.05 bits per heavy atom. The van der Waals surface area contributed by atoms with Crippen LogP contribution in [0.25, 0.3) is 22.0 Å². The number of hydrogen-bond acceptors (Lipinski definition) is 5. The number of hydrogen-bond donors (Lipinski definition) is 1. The lowest BCUT2D eigenvalue weighted by molar-refractivity contribution is -0.186. The smallest absolute Gasteiger partial charge is 0.356 e. The molecule has 1 saturated heterocycles. The summed E-state index contributed by atoms with van der Waals surface area (Å²) in [5, 5.41) is 7.89. The molecule has 1 atom stereocenters. The van der Waals surface area contributed by atoms with Crippen LogP contribution < -0.4 is 5.32 Å². The minimum Gasteiger partial charge on any atom is -0.356 e. The van der Waals surface area contributed by atoms with E-state index in [2.05, 4.69) is 15.4 Å². The topological polar surface area (TPSA) is 89.4 Å². The molecule has 0 radical (unpaired) electrons. The number of carbonyl (C=O) groups excluding carboxylic acids is 2. The van der Waals surface area contributed by atoms with E-state index in [0.717, 1.165) is 29.7 Å². The maximum atomic E-state index is 14.5. The minimum absolute atomic E-state index is 0.0381. The molecule has 0 aliphatic carbocycles. The van der Waals surface area contributed by atoms with E-state index < -0.39 is 23.9 Å². The van der Waals surface area contributed by atoms with Crippen LogP contribution in [0.1, 0.15) is 47.1 Å². The Hall–Kier alpha value is -4.32. The molecular weight excluding hydrogens is 542 g/mol.